The molecule has 0 bridgehead atoms. The van der Waals surface area contributed by atoms with Crippen LogP contribution in [-0.4, -0.2) is 49.9 Å². The lowest BCUT2D eigenvalue weighted by molar-refractivity contribution is 0.0650. The van der Waals surface area contributed by atoms with Gasteiger partial charge in [0.15, 0.2) is 0 Å². The summed E-state index contributed by atoms with van der Waals surface area (Å²) in [6, 6.07) is 0. The molecule has 0 saturated heterocycles. The van der Waals surface area contributed by atoms with Crippen LogP contribution >= 0.6 is 0 Å². The molecule has 0 aliphatic rings. The largest absolute Gasteiger partial charge is 0.394 e. The molecule has 4 heteroatoms. The summed E-state index contributed by atoms with van der Waals surface area (Å²) >= 11 is 0. The zero-order chi connectivity index (χ0) is 18.1. The first kappa shape index (κ1) is 26.1. The summed E-state index contributed by atoms with van der Waals surface area (Å²) in [5.41, 5.74) is 0. The molecule has 0 aromatic rings. The van der Waals surface area contributed by atoms with Crippen LogP contribution in [0.4, 0.5) is 0 Å². The normalized spacial score (nSPS) is 10.5. The first-order chi connectivity index (χ1) is 11.8. The third-order valence-electron chi connectivity index (χ3n) is 3.76. The Morgan fingerprint density at radius 2 is 0.792 bits per heavy atom. The van der Waals surface area contributed by atoms with Gasteiger partial charge in [-0.05, 0) is 12.8 Å². The Morgan fingerprint density at radius 1 is 0.458 bits per heavy atom. The predicted molar refractivity (Wildman–Crippen MR) is 103 cm³/mol. The van der Waals surface area contributed by atoms with Crippen molar-refractivity contribution in [1.82, 2.24) is 0 Å². The van der Waals surface area contributed by atoms with E-state index in [0.29, 0.717) is 13.2 Å². The van der Waals surface area contributed by atoms with Crippen LogP contribution in [0.25, 0.3) is 0 Å². The minimum Gasteiger partial charge on any atom is -0.394 e. The van der Waals surface area contributed by atoms with Gasteiger partial charge in [-0.25, -0.2) is 0 Å². The molecule has 0 unspecified atom stereocenters. The number of ether oxygens (including phenoxy) is 2. The summed E-state index contributed by atoms with van der Waals surface area (Å²) in [7, 11) is 0. The van der Waals surface area contributed by atoms with Gasteiger partial charge in [-0.15, -0.1) is 0 Å². The third-order valence-corrected chi connectivity index (χ3v) is 3.76. The molecule has 148 valence electrons. The van der Waals surface area contributed by atoms with E-state index in [1.807, 2.05) is 0 Å². The van der Waals surface area contributed by atoms with Gasteiger partial charge in [0, 0.05) is 13.2 Å². The molecule has 0 radical (unpaired) electrons. The van der Waals surface area contributed by atoms with Gasteiger partial charge >= 0.3 is 0 Å². The van der Waals surface area contributed by atoms with Crippen LogP contribution in [0, 0.1) is 0 Å². The van der Waals surface area contributed by atoms with E-state index in [2.05, 4.69) is 18.6 Å². The first-order valence-electron chi connectivity index (χ1n) is 10.2. The molecule has 0 amide bonds. The minimum atomic E-state index is 0.0278. The van der Waals surface area contributed by atoms with E-state index in [9.17, 15) is 0 Å². The van der Waals surface area contributed by atoms with E-state index in [1.54, 1.807) is 0 Å². The van der Waals surface area contributed by atoms with Gasteiger partial charge in [-0.2, -0.15) is 0 Å². The van der Waals surface area contributed by atoms with Crippen LogP contribution in [0.1, 0.15) is 90.9 Å². The van der Waals surface area contributed by atoms with Gasteiger partial charge in [-0.1, -0.05) is 78.1 Å². The van der Waals surface area contributed by atoms with Gasteiger partial charge in [0.2, 0.25) is 0 Å². The third kappa shape index (κ3) is 29.8. The monoisotopic (exact) mass is 348 g/mol. The molecule has 0 rings (SSSR count). The van der Waals surface area contributed by atoms with Crippen molar-refractivity contribution < 1.29 is 19.7 Å². The highest BCUT2D eigenvalue weighted by Crippen LogP contribution is 2.06. The molecule has 0 fully saturated rings. The van der Waals surface area contributed by atoms with Gasteiger partial charge in [-0.3, -0.25) is 0 Å². The fourth-order valence-corrected chi connectivity index (χ4v) is 2.30. The molecule has 0 atom stereocenters. The maximum atomic E-state index is 8.09. The van der Waals surface area contributed by atoms with E-state index < -0.39 is 0 Å². The highest BCUT2D eigenvalue weighted by molar-refractivity contribution is 4.45. The molecule has 0 spiro atoms. The zero-order valence-electron chi connectivity index (χ0n) is 16.4. The molecule has 0 aliphatic carbocycles. The number of hydrogen-bond acceptors (Lipinski definition) is 4. The quantitative estimate of drug-likeness (QED) is 0.352. The number of aliphatic hydroxyl groups excluding tert-OH is 2. The van der Waals surface area contributed by atoms with Crippen molar-refractivity contribution in [2.45, 2.75) is 90.9 Å². The summed E-state index contributed by atoms with van der Waals surface area (Å²) in [4.78, 5) is 0. The Labute approximate surface area is 150 Å². The van der Waals surface area contributed by atoms with Crippen molar-refractivity contribution in [3.8, 4) is 0 Å². The van der Waals surface area contributed by atoms with Crippen molar-refractivity contribution in [1.29, 1.82) is 0 Å². The molecular formula is C20H44O4. The van der Waals surface area contributed by atoms with Gasteiger partial charge < -0.3 is 19.7 Å². The Bertz CT molecular complexity index is 170. The minimum absolute atomic E-state index is 0.0278. The lowest BCUT2D eigenvalue weighted by Gasteiger charge is -2.04. The van der Waals surface area contributed by atoms with Crippen LogP contribution in [0.2, 0.25) is 0 Å². The molecule has 0 aromatic heterocycles. The smallest absolute Gasteiger partial charge is 0.0698 e. The number of hydrogen-bond donors (Lipinski definition) is 2. The van der Waals surface area contributed by atoms with Crippen molar-refractivity contribution in [3.63, 3.8) is 0 Å². The highest BCUT2D eigenvalue weighted by atomic mass is 16.5. The fraction of sp³-hybridized carbons (Fsp3) is 1.00. The Kier molecular flexibility index (Phi) is 30.1. The average Bonchev–Trinajstić information content (AvgIpc) is 2.60. The SMILES string of the molecule is CCCCCCCCOCCCCCCCC.OCCOCCO. The van der Waals surface area contributed by atoms with E-state index >= 15 is 0 Å². The van der Waals surface area contributed by atoms with Crippen LogP contribution < -0.4 is 0 Å². The fourth-order valence-electron chi connectivity index (χ4n) is 2.30. The molecule has 0 aliphatic heterocycles. The Hall–Kier alpha value is -0.160. The molecule has 0 heterocycles. The van der Waals surface area contributed by atoms with Crippen molar-refractivity contribution >= 4 is 0 Å². The molecule has 0 saturated carbocycles. The second kappa shape index (κ2) is 27.7. The summed E-state index contributed by atoms with van der Waals surface area (Å²) in [5, 5.41) is 16.2. The first-order valence-corrected chi connectivity index (χ1v) is 10.2. The number of aliphatic hydroxyl groups is 2. The summed E-state index contributed by atoms with van der Waals surface area (Å²) in [6.07, 6.45) is 16.3. The van der Waals surface area contributed by atoms with E-state index in [-0.39, 0.29) is 13.2 Å². The van der Waals surface area contributed by atoms with Crippen LogP contribution in [0.3, 0.4) is 0 Å². The summed E-state index contributed by atoms with van der Waals surface area (Å²) in [6.45, 7) is 7.20. The lowest BCUT2D eigenvalue weighted by Crippen LogP contribution is -2.03. The number of rotatable bonds is 18. The Balaban J connectivity index is 0. The predicted octanol–water partition coefficient (Wildman–Crippen LogP) is 4.71. The Morgan fingerprint density at radius 3 is 1.17 bits per heavy atom. The lowest BCUT2D eigenvalue weighted by atomic mass is 10.1. The van der Waals surface area contributed by atoms with Crippen molar-refractivity contribution in [2.75, 3.05) is 39.6 Å². The summed E-state index contributed by atoms with van der Waals surface area (Å²) < 4.78 is 10.3. The van der Waals surface area contributed by atoms with Gasteiger partial charge in [0.25, 0.3) is 0 Å². The average molecular weight is 349 g/mol. The molecule has 0 aromatic carbocycles. The summed E-state index contributed by atoms with van der Waals surface area (Å²) in [5.74, 6) is 0. The van der Waals surface area contributed by atoms with Crippen LogP contribution in [-0.2, 0) is 9.47 Å². The second-order valence-electron chi connectivity index (χ2n) is 6.21. The molecule has 24 heavy (non-hydrogen) atoms. The van der Waals surface area contributed by atoms with E-state index in [1.165, 1.54) is 77.0 Å². The van der Waals surface area contributed by atoms with Crippen molar-refractivity contribution in [2.24, 2.45) is 0 Å². The van der Waals surface area contributed by atoms with Crippen LogP contribution in [0.5, 0.6) is 0 Å². The molecule has 2 N–H and O–H groups in total. The maximum absolute atomic E-state index is 8.09. The number of unbranched alkanes of at least 4 members (excludes halogenated alkanes) is 10. The van der Waals surface area contributed by atoms with E-state index in [0.717, 1.165) is 13.2 Å². The highest BCUT2D eigenvalue weighted by Gasteiger charge is 1.92. The van der Waals surface area contributed by atoms with Crippen LogP contribution in [0.15, 0.2) is 0 Å². The van der Waals surface area contributed by atoms with E-state index in [4.69, 9.17) is 14.9 Å². The van der Waals surface area contributed by atoms with Gasteiger partial charge in [0.05, 0.1) is 26.4 Å². The second-order valence-corrected chi connectivity index (χ2v) is 6.21. The van der Waals surface area contributed by atoms with Gasteiger partial charge in [0.1, 0.15) is 0 Å². The standard InChI is InChI=1S/C16H34O.C4H10O3/c1-3-5-7-9-11-13-15-17-16-14-12-10-8-6-4-2;5-1-3-7-4-2-6/h3-16H2,1-2H3;5-6H,1-4H2. The van der Waals surface area contributed by atoms with Crippen molar-refractivity contribution in [3.05, 3.63) is 0 Å². The molecular weight excluding hydrogens is 304 g/mol. The topological polar surface area (TPSA) is 58.9 Å². The maximum Gasteiger partial charge on any atom is 0.0698 e. The zero-order valence-corrected chi connectivity index (χ0v) is 16.4. The molecule has 4 nitrogen and oxygen atoms in total.